The van der Waals surface area contributed by atoms with Gasteiger partial charge in [-0.3, -0.25) is 28.4 Å². The number of carboxylic acids is 2. The van der Waals surface area contributed by atoms with Crippen molar-refractivity contribution in [3.05, 3.63) is 0 Å². The smallest absolute Gasteiger partial charge is 0.357 e. The number of carboxylic acid groups (broad SMARTS) is 2. The van der Waals surface area contributed by atoms with E-state index in [0.717, 1.165) is 0 Å². The van der Waals surface area contributed by atoms with E-state index in [-0.39, 0.29) is 6.42 Å². The Morgan fingerprint density at radius 3 is 1.45 bits per heavy atom. The highest BCUT2D eigenvalue weighted by molar-refractivity contribution is 7.72. The van der Waals surface area contributed by atoms with Crippen LogP contribution in [0.15, 0.2) is 0 Å². The van der Waals surface area contributed by atoms with Crippen molar-refractivity contribution < 1.29 is 81.9 Å². The van der Waals surface area contributed by atoms with Gasteiger partial charge in [-0.15, -0.1) is 0 Å². The fourth-order valence-electron chi connectivity index (χ4n) is 1.45. The summed E-state index contributed by atoms with van der Waals surface area (Å²) in [7, 11) is -22.0. The molecule has 0 heterocycles. The average molecular weight is 541 g/mol. The predicted molar refractivity (Wildman–Crippen MR) is 98.8 cm³/mol. The maximum Gasteiger partial charge on any atom is 0.357 e. The summed E-state index contributed by atoms with van der Waals surface area (Å²) in [5.74, 6) is -2.85. The van der Waals surface area contributed by atoms with E-state index in [1.54, 1.807) is 0 Å². The van der Waals surface area contributed by atoms with Crippen molar-refractivity contribution in [2.75, 3.05) is 6.61 Å². The van der Waals surface area contributed by atoms with Gasteiger partial charge in [0, 0.05) is 0 Å². The Morgan fingerprint density at radius 2 is 1.23 bits per heavy atom. The zero-order chi connectivity index (χ0) is 25.4. The average Bonchev–Trinajstić information content (AvgIpc) is 2.48. The minimum atomic E-state index is -5.62. The van der Waals surface area contributed by atoms with E-state index in [1.165, 1.54) is 12.2 Å². The number of hydrogen-bond donors (Lipinski definition) is 11. The predicted octanol–water partition coefficient (Wildman–Crippen LogP) is -1.81. The Bertz CT molecular complexity index is 773. The third-order valence-corrected chi connectivity index (χ3v) is 9.96. The van der Waals surface area contributed by atoms with E-state index >= 15 is 0 Å². The molecule has 0 aromatic rings. The summed E-state index contributed by atoms with van der Waals surface area (Å²) < 4.78 is 49.5. The molecule has 0 aliphatic heterocycles. The van der Waals surface area contributed by atoms with Gasteiger partial charge in [-0.1, -0.05) is 6.92 Å². The summed E-state index contributed by atoms with van der Waals surface area (Å²) in [5, 5.41) is 25.3. The Balaban J connectivity index is 0. The highest BCUT2D eigenvalue weighted by Gasteiger charge is 2.53. The lowest BCUT2D eigenvalue weighted by molar-refractivity contribution is -0.152. The van der Waals surface area contributed by atoms with Crippen LogP contribution in [0.1, 0.15) is 19.8 Å². The molecular weight excluding hydrogens is 518 g/mol. The molecule has 0 spiro atoms. The van der Waals surface area contributed by atoms with Gasteiger partial charge in [-0.05, 0) is 6.42 Å². The Labute approximate surface area is 173 Å². The minimum Gasteiger partial charge on any atom is -0.481 e. The maximum atomic E-state index is 11.8. The highest BCUT2D eigenvalue weighted by Crippen LogP contribution is 2.65. The number of carbonyl (C=O) groups is 2. The van der Waals surface area contributed by atoms with Gasteiger partial charge >= 0.3 is 42.3 Å². The minimum absolute atomic E-state index is 0.166. The van der Waals surface area contributed by atoms with E-state index in [2.05, 4.69) is 4.52 Å². The van der Waals surface area contributed by atoms with Crippen LogP contribution in [-0.4, -0.2) is 85.3 Å². The van der Waals surface area contributed by atoms with Gasteiger partial charge < -0.3 is 54.1 Å². The van der Waals surface area contributed by atoms with Crippen LogP contribution in [0, 0.1) is 0 Å². The number of rotatable bonds is 12. The van der Waals surface area contributed by atoms with Crippen LogP contribution in [0.4, 0.5) is 0 Å². The Hall–Kier alpha value is -0.540. The van der Waals surface area contributed by atoms with Crippen molar-refractivity contribution in [3.63, 3.8) is 0 Å². The topological polar surface area (TPSA) is 326 Å². The lowest BCUT2D eigenvalue weighted by atomic mass is 10.3. The van der Waals surface area contributed by atoms with E-state index in [9.17, 15) is 32.7 Å². The molecule has 22 heteroatoms. The number of aliphatic hydroxyl groups is 1. The number of hydrogen-bond acceptors (Lipinski definition) is 9. The summed E-state index contributed by atoms with van der Waals surface area (Å²) >= 11 is 0. The molecule has 0 aliphatic carbocycles. The molecule has 0 fully saturated rings. The van der Waals surface area contributed by atoms with Gasteiger partial charge in [0.2, 0.25) is 11.0 Å². The van der Waals surface area contributed by atoms with E-state index < -0.39 is 72.5 Å². The zero-order valence-electron chi connectivity index (χ0n) is 15.5. The summed E-state index contributed by atoms with van der Waals surface area (Å²) in [6.45, 7) is 1.07. The largest absolute Gasteiger partial charge is 0.481 e. The Kier molecular flexibility index (Phi) is 13.3. The summed E-state index contributed by atoms with van der Waals surface area (Å²) in [4.78, 5) is 82.4. The van der Waals surface area contributed by atoms with Crippen LogP contribution in [0.3, 0.4) is 0 Å². The van der Waals surface area contributed by atoms with Crippen LogP contribution in [-0.2, 0) is 32.4 Å². The first-order chi connectivity index (χ1) is 13.6. The molecule has 11 N–H and O–H groups in total. The fraction of sp³-hybridized carbons (Fsp3) is 0.778. The third kappa shape index (κ3) is 13.6. The van der Waals surface area contributed by atoms with Crippen molar-refractivity contribution in [2.24, 2.45) is 0 Å². The van der Waals surface area contributed by atoms with Crippen molar-refractivity contribution in [1.82, 2.24) is 5.32 Å². The van der Waals surface area contributed by atoms with Crippen LogP contribution >= 0.6 is 30.4 Å². The van der Waals surface area contributed by atoms with Crippen molar-refractivity contribution >= 4 is 42.3 Å². The standard InChI is InChI=1S/C5H17NO12P4.C4H6O5/c1-2-3-18-22(16,17)5(21(13,14)15)6-4(19(7,8)9)20(10,11)12;5-2(4(8)9)1-3(6)7/h4-6H,2-3H2,1H3,(H,16,17)(H2,7,8,9)(H2,10,11,12)(H2,13,14,15);2,5H,1H2,(H,6,7)(H,8,9). The summed E-state index contributed by atoms with van der Waals surface area (Å²) in [5.41, 5.74) is -6.00. The van der Waals surface area contributed by atoms with Gasteiger partial charge in [0.15, 0.2) is 6.10 Å². The first kappa shape index (κ1) is 32.6. The number of aliphatic hydroxyl groups excluding tert-OH is 1. The van der Waals surface area contributed by atoms with Gasteiger partial charge in [-0.2, -0.15) is 0 Å². The molecule has 0 rings (SSSR count). The number of aliphatic carboxylic acids is 2. The van der Waals surface area contributed by atoms with Crippen LogP contribution < -0.4 is 5.32 Å². The second kappa shape index (κ2) is 12.6. The molecule has 3 atom stereocenters. The second-order valence-corrected chi connectivity index (χ2v) is 13.3. The fourth-order valence-corrected chi connectivity index (χ4v) is 7.16. The molecule has 18 nitrogen and oxygen atoms in total. The molecule has 0 aromatic heterocycles. The van der Waals surface area contributed by atoms with Crippen LogP contribution in [0.2, 0.25) is 0 Å². The molecule has 0 saturated heterocycles. The zero-order valence-corrected chi connectivity index (χ0v) is 19.0. The maximum absolute atomic E-state index is 11.8. The molecule has 0 bridgehead atoms. The van der Waals surface area contributed by atoms with Crippen molar-refractivity contribution in [1.29, 1.82) is 0 Å². The van der Waals surface area contributed by atoms with Gasteiger partial charge in [0.1, 0.15) is 0 Å². The SMILES string of the molecule is CCCOP(=O)(O)C(NC(P(=O)(O)O)P(=O)(O)O)P(=O)(O)O.O=C(O)CC(O)C(=O)O. The normalized spacial score (nSPS) is 16.6. The molecular formula is C9H23NO17P4. The summed E-state index contributed by atoms with van der Waals surface area (Å²) in [6, 6.07) is 0. The van der Waals surface area contributed by atoms with Crippen molar-refractivity contribution in [2.45, 2.75) is 36.9 Å². The van der Waals surface area contributed by atoms with Gasteiger partial charge in [0.05, 0.1) is 13.0 Å². The summed E-state index contributed by atoms with van der Waals surface area (Å²) in [6.07, 6.45) is -2.38. The van der Waals surface area contributed by atoms with E-state index in [1.807, 2.05) is 0 Å². The third-order valence-electron chi connectivity index (χ3n) is 2.70. The molecule has 0 amide bonds. The second-order valence-electron chi connectivity index (χ2n) is 5.53. The van der Waals surface area contributed by atoms with Gasteiger partial charge in [0.25, 0.3) is 0 Å². The Morgan fingerprint density at radius 1 is 0.839 bits per heavy atom. The first-order valence-electron chi connectivity index (χ1n) is 7.58. The monoisotopic (exact) mass is 541 g/mol. The quantitative estimate of drug-likeness (QED) is 0.121. The molecule has 3 unspecified atom stereocenters. The molecule has 186 valence electrons. The molecule has 31 heavy (non-hydrogen) atoms. The molecule has 0 aliphatic rings. The number of nitrogens with one attached hydrogen (secondary N) is 1. The van der Waals surface area contributed by atoms with Gasteiger partial charge in [-0.25, -0.2) is 4.79 Å². The van der Waals surface area contributed by atoms with E-state index in [4.69, 9.17) is 44.7 Å². The van der Waals surface area contributed by atoms with E-state index in [0.29, 0.717) is 0 Å². The van der Waals surface area contributed by atoms with Crippen LogP contribution in [0.5, 0.6) is 0 Å². The lowest BCUT2D eigenvalue weighted by Crippen LogP contribution is -2.38. The lowest BCUT2D eigenvalue weighted by Gasteiger charge is -2.29. The molecule has 0 radical (unpaired) electrons. The van der Waals surface area contributed by atoms with Crippen LogP contribution in [0.25, 0.3) is 0 Å². The molecule has 0 saturated carbocycles. The highest BCUT2D eigenvalue weighted by atomic mass is 31.2. The molecule has 0 aromatic carbocycles. The first-order valence-corrected chi connectivity index (χ1v) is 14.3. The van der Waals surface area contributed by atoms with Crippen molar-refractivity contribution in [3.8, 4) is 0 Å².